The van der Waals surface area contributed by atoms with Crippen LogP contribution < -0.4 is 10.5 Å². The Morgan fingerprint density at radius 3 is 2.69 bits per heavy atom. The van der Waals surface area contributed by atoms with E-state index in [2.05, 4.69) is 4.98 Å². The molecule has 0 radical (unpaired) electrons. The van der Waals surface area contributed by atoms with Gasteiger partial charge < -0.3 is 20.6 Å². The van der Waals surface area contributed by atoms with E-state index in [-0.39, 0.29) is 23.7 Å². The number of amidine groups is 1. The number of rotatable bonds is 7. The van der Waals surface area contributed by atoms with Crippen LogP contribution in [0.25, 0.3) is 10.9 Å². The fraction of sp³-hybridized carbons (Fsp3) is 0.211. The van der Waals surface area contributed by atoms with Gasteiger partial charge in [-0.2, -0.15) is 0 Å². The molecule has 0 atom stereocenters. The highest BCUT2D eigenvalue weighted by Gasteiger charge is 2.17. The summed E-state index contributed by atoms with van der Waals surface area (Å²) in [7, 11) is 0. The first-order valence-electron chi connectivity index (χ1n) is 8.22. The van der Waals surface area contributed by atoms with E-state index in [1.807, 2.05) is 6.07 Å². The number of aliphatic hydroxyl groups excluding tert-OH is 1. The summed E-state index contributed by atoms with van der Waals surface area (Å²) in [4.78, 5) is 2.97. The average Bonchev–Trinajstić information content (AvgIpc) is 3.06. The number of nitrogens with one attached hydrogen (secondary N) is 2. The summed E-state index contributed by atoms with van der Waals surface area (Å²) in [6.45, 7) is 0.0573. The van der Waals surface area contributed by atoms with Crippen LogP contribution in [0.1, 0.15) is 24.0 Å². The number of hydrogen-bond acceptors (Lipinski definition) is 3. The van der Waals surface area contributed by atoms with Crippen molar-refractivity contribution < 1.29 is 18.6 Å². The number of aromatic amines is 1. The number of halogens is 2. The first-order valence-corrected chi connectivity index (χ1v) is 8.22. The Hall–Kier alpha value is -2.93. The van der Waals surface area contributed by atoms with E-state index >= 15 is 0 Å². The molecule has 0 saturated carbocycles. The number of aliphatic hydroxyl groups is 1. The van der Waals surface area contributed by atoms with Gasteiger partial charge in [-0.3, -0.25) is 5.41 Å². The average molecular weight is 359 g/mol. The highest BCUT2D eigenvalue weighted by atomic mass is 19.1. The van der Waals surface area contributed by atoms with Crippen LogP contribution in [-0.2, 0) is 6.42 Å². The molecule has 0 aliphatic rings. The van der Waals surface area contributed by atoms with Crippen LogP contribution in [-0.4, -0.2) is 22.5 Å². The number of nitrogens with two attached hydrogens (primary N) is 1. The summed E-state index contributed by atoms with van der Waals surface area (Å²) in [5.74, 6) is -1.38. The third-order valence-corrected chi connectivity index (χ3v) is 4.15. The predicted molar refractivity (Wildman–Crippen MR) is 95.8 cm³/mol. The van der Waals surface area contributed by atoms with Crippen LogP contribution in [0.15, 0.2) is 36.5 Å². The predicted octanol–water partition coefficient (Wildman–Crippen LogP) is 3.84. The normalized spacial score (nSPS) is 11.0. The lowest BCUT2D eigenvalue weighted by Crippen LogP contribution is -2.13. The summed E-state index contributed by atoms with van der Waals surface area (Å²) in [6.07, 6.45) is 3.49. The molecule has 0 fully saturated rings. The van der Waals surface area contributed by atoms with Crippen molar-refractivity contribution in [2.75, 3.05) is 6.61 Å². The quantitative estimate of drug-likeness (QED) is 0.293. The number of unbranched alkanes of at least 4 members (excludes halogenated alkanes) is 1. The second kappa shape index (κ2) is 7.53. The fourth-order valence-corrected chi connectivity index (χ4v) is 2.89. The number of hydrogen-bond donors (Lipinski definition) is 4. The molecule has 1 heterocycles. The molecule has 1 aromatic heterocycles. The van der Waals surface area contributed by atoms with Crippen molar-refractivity contribution in [3.05, 3.63) is 59.3 Å². The SMILES string of the molecule is N=C(N)c1cc(Oc2c(F)cc3[nH]ccc3c2CCCCO)ccc1F. The van der Waals surface area contributed by atoms with E-state index < -0.39 is 17.5 Å². The molecule has 26 heavy (non-hydrogen) atoms. The zero-order valence-electron chi connectivity index (χ0n) is 14.0. The van der Waals surface area contributed by atoms with Crippen LogP contribution in [0.4, 0.5) is 8.78 Å². The van der Waals surface area contributed by atoms with Gasteiger partial charge in [0.2, 0.25) is 0 Å². The van der Waals surface area contributed by atoms with Crippen LogP contribution in [0.3, 0.4) is 0 Å². The van der Waals surface area contributed by atoms with Crippen molar-refractivity contribution in [1.82, 2.24) is 4.98 Å². The van der Waals surface area contributed by atoms with E-state index in [0.717, 1.165) is 11.5 Å². The van der Waals surface area contributed by atoms with Crippen LogP contribution >= 0.6 is 0 Å². The smallest absolute Gasteiger partial charge is 0.168 e. The van der Waals surface area contributed by atoms with E-state index in [9.17, 15) is 8.78 Å². The number of fused-ring (bicyclic) bond motifs is 1. The zero-order valence-corrected chi connectivity index (χ0v) is 14.0. The van der Waals surface area contributed by atoms with Crippen molar-refractivity contribution in [3.63, 3.8) is 0 Å². The maximum Gasteiger partial charge on any atom is 0.168 e. The lowest BCUT2D eigenvalue weighted by molar-refractivity contribution is 0.284. The summed E-state index contributed by atoms with van der Waals surface area (Å²) in [5, 5.41) is 17.2. The van der Waals surface area contributed by atoms with Gasteiger partial charge in [0, 0.05) is 35.3 Å². The lowest BCUT2D eigenvalue weighted by Gasteiger charge is -2.14. The summed E-state index contributed by atoms with van der Waals surface area (Å²) >= 11 is 0. The monoisotopic (exact) mass is 359 g/mol. The van der Waals surface area contributed by atoms with Crippen LogP contribution in [0.2, 0.25) is 0 Å². The van der Waals surface area contributed by atoms with Crippen LogP contribution in [0.5, 0.6) is 11.5 Å². The number of aromatic nitrogens is 1. The van der Waals surface area contributed by atoms with Gasteiger partial charge in [-0.1, -0.05) is 0 Å². The highest BCUT2D eigenvalue weighted by molar-refractivity contribution is 5.95. The molecule has 0 aliphatic heterocycles. The summed E-state index contributed by atoms with van der Waals surface area (Å²) in [5.41, 5.74) is 6.58. The Morgan fingerprint density at radius 1 is 1.15 bits per heavy atom. The molecule has 5 nitrogen and oxygen atoms in total. The largest absolute Gasteiger partial charge is 0.454 e. The maximum absolute atomic E-state index is 14.7. The molecule has 2 aromatic carbocycles. The molecular formula is C19H19F2N3O2. The number of benzene rings is 2. The molecule has 0 unspecified atom stereocenters. The highest BCUT2D eigenvalue weighted by Crippen LogP contribution is 2.35. The van der Waals surface area contributed by atoms with Crippen molar-refractivity contribution >= 4 is 16.7 Å². The minimum atomic E-state index is -0.644. The minimum absolute atomic E-state index is 0.0520. The second-order valence-electron chi connectivity index (χ2n) is 5.94. The van der Waals surface area contributed by atoms with Crippen molar-refractivity contribution in [2.24, 2.45) is 5.73 Å². The van der Waals surface area contributed by atoms with Crippen molar-refractivity contribution in [1.29, 1.82) is 5.41 Å². The molecular weight excluding hydrogens is 340 g/mol. The van der Waals surface area contributed by atoms with Gasteiger partial charge in [0.05, 0.1) is 5.56 Å². The number of aryl methyl sites for hydroxylation is 1. The fourth-order valence-electron chi connectivity index (χ4n) is 2.89. The molecule has 7 heteroatoms. The molecule has 0 aliphatic carbocycles. The summed E-state index contributed by atoms with van der Waals surface area (Å²) < 4.78 is 34.1. The van der Waals surface area contributed by atoms with E-state index in [1.54, 1.807) is 6.20 Å². The van der Waals surface area contributed by atoms with Crippen molar-refractivity contribution in [2.45, 2.75) is 19.3 Å². The number of ether oxygens (including phenoxy) is 1. The Morgan fingerprint density at radius 2 is 1.96 bits per heavy atom. The lowest BCUT2D eigenvalue weighted by atomic mass is 10.0. The maximum atomic E-state index is 14.7. The molecule has 0 bridgehead atoms. The van der Waals surface area contributed by atoms with Gasteiger partial charge in [-0.05, 0) is 43.5 Å². The first kappa shape index (κ1) is 17.9. The van der Waals surface area contributed by atoms with E-state index in [4.69, 9.17) is 21.0 Å². The van der Waals surface area contributed by atoms with Gasteiger partial charge >= 0.3 is 0 Å². The van der Waals surface area contributed by atoms with Gasteiger partial charge in [0.1, 0.15) is 17.4 Å². The topological polar surface area (TPSA) is 95.1 Å². The van der Waals surface area contributed by atoms with Crippen LogP contribution in [0, 0.1) is 17.0 Å². The molecule has 0 saturated heterocycles. The molecule has 3 rings (SSSR count). The minimum Gasteiger partial charge on any atom is -0.454 e. The second-order valence-corrected chi connectivity index (χ2v) is 5.94. The van der Waals surface area contributed by atoms with Gasteiger partial charge in [-0.15, -0.1) is 0 Å². The van der Waals surface area contributed by atoms with Gasteiger partial charge in [-0.25, -0.2) is 8.78 Å². The van der Waals surface area contributed by atoms with Gasteiger partial charge in [0.25, 0.3) is 0 Å². The number of H-pyrrole nitrogens is 1. The van der Waals surface area contributed by atoms with E-state index in [0.29, 0.717) is 30.3 Å². The van der Waals surface area contributed by atoms with Gasteiger partial charge in [0.15, 0.2) is 11.6 Å². The third kappa shape index (κ3) is 3.52. The zero-order chi connectivity index (χ0) is 18.7. The Labute approximate surface area is 148 Å². The number of nitrogen functional groups attached to an aromatic ring is 1. The molecule has 0 spiro atoms. The third-order valence-electron chi connectivity index (χ3n) is 4.15. The first-order chi connectivity index (χ1) is 12.5. The Bertz CT molecular complexity index is 953. The summed E-state index contributed by atoms with van der Waals surface area (Å²) in [6, 6.07) is 6.94. The standard InChI is InChI=1S/C19H19F2N3O2/c20-15-5-4-11(9-14(15)19(22)23)26-18-13(3-1-2-8-25)12-6-7-24-17(12)10-16(18)21/h4-7,9-10,24-25H,1-3,8H2,(H3,22,23). The van der Waals surface area contributed by atoms with Crippen molar-refractivity contribution in [3.8, 4) is 11.5 Å². The molecule has 136 valence electrons. The molecule has 3 aromatic rings. The molecule has 5 N–H and O–H groups in total. The Kier molecular flexibility index (Phi) is 5.18. The van der Waals surface area contributed by atoms with E-state index in [1.165, 1.54) is 18.2 Å². The Balaban J connectivity index is 2.03. The molecule has 0 amide bonds.